The summed E-state index contributed by atoms with van der Waals surface area (Å²) in [4.78, 5) is 4.58. The zero-order valence-electron chi connectivity index (χ0n) is 12.3. The van der Waals surface area contributed by atoms with E-state index in [0.29, 0.717) is 5.75 Å². The van der Waals surface area contributed by atoms with Crippen LogP contribution in [0.3, 0.4) is 0 Å². The van der Waals surface area contributed by atoms with Gasteiger partial charge in [-0.1, -0.05) is 35.9 Å². The number of aromatic hydroxyl groups is 1. The molecule has 0 saturated heterocycles. The van der Waals surface area contributed by atoms with Gasteiger partial charge in [0, 0.05) is 23.7 Å². The van der Waals surface area contributed by atoms with Gasteiger partial charge in [0.05, 0.1) is 0 Å². The van der Waals surface area contributed by atoms with E-state index >= 15 is 0 Å². The van der Waals surface area contributed by atoms with Crippen LogP contribution in [0.25, 0.3) is 0 Å². The van der Waals surface area contributed by atoms with Crippen molar-refractivity contribution in [2.75, 3.05) is 13.1 Å². The highest BCUT2D eigenvalue weighted by Gasteiger charge is 2.14. The van der Waals surface area contributed by atoms with Crippen LogP contribution in [-0.2, 0) is 12.8 Å². The Bertz CT molecular complexity index is 697. The highest BCUT2D eigenvalue weighted by molar-refractivity contribution is 6.32. The number of benzene rings is 2. The summed E-state index contributed by atoms with van der Waals surface area (Å²) in [5, 5.41) is 13.7. The van der Waals surface area contributed by atoms with Crippen molar-refractivity contribution in [1.29, 1.82) is 0 Å². The maximum Gasteiger partial charge on any atom is 0.128 e. The Hall–Kier alpha value is -2.00. The summed E-state index contributed by atoms with van der Waals surface area (Å²) in [6, 6.07) is 13.3. The first kappa shape index (κ1) is 14.9. The second-order valence-electron chi connectivity index (χ2n) is 5.45. The molecule has 3 rings (SSSR count). The topological polar surface area (TPSA) is 44.6 Å². The molecule has 0 saturated carbocycles. The summed E-state index contributed by atoms with van der Waals surface area (Å²) < 4.78 is 0. The smallest absolute Gasteiger partial charge is 0.128 e. The van der Waals surface area contributed by atoms with Crippen LogP contribution >= 0.6 is 11.6 Å². The second kappa shape index (κ2) is 6.84. The minimum absolute atomic E-state index is 0.301. The molecule has 3 nitrogen and oxygen atoms in total. The van der Waals surface area contributed by atoms with Crippen molar-refractivity contribution in [1.82, 2.24) is 5.32 Å². The predicted octanol–water partition coefficient (Wildman–Crippen LogP) is 3.57. The van der Waals surface area contributed by atoms with Crippen LogP contribution in [0.2, 0.25) is 5.02 Å². The van der Waals surface area contributed by atoms with E-state index in [-0.39, 0.29) is 0 Å². The van der Waals surface area contributed by atoms with E-state index in [0.717, 1.165) is 59.9 Å². The van der Waals surface area contributed by atoms with Gasteiger partial charge in [0.1, 0.15) is 11.6 Å². The molecule has 0 unspecified atom stereocenters. The third-order valence-corrected chi connectivity index (χ3v) is 4.20. The molecular weight excluding hydrogens is 296 g/mol. The van der Waals surface area contributed by atoms with Crippen LogP contribution in [0, 0.1) is 0 Å². The van der Waals surface area contributed by atoms with Crippen molar-refractivity contribution in [3.8, 4) is 5.75 Å². The van der Waals surface area contributed by atoms with Gasteiger partial charge in [-0.25, -0.2) is 0 Å². The fraction of sp³-hybridized carbons (Fsp3) is 0.278. The van der Waals surface area contributed by atoms with Gasteiger partial charge in [0.15, 0.2) is 0 Å². The maximum absolute atomic E-state index is 9.57. The Kier molecular flexibility index (Phi) is 4.64. The number of nitrogens with zero attached hydrogens (tertiary/aromatic N) is 1. The quantitative estimate of drug-likeness (QED) is 0.906. The van der Waals surface area contributed by atoms with Crippen molar-refractivity contribution < 1.29 is 5.11 Å². The number of aryl methyl sites for hydroxylation is 1. The molecule has 0 aromatic heterocycles. The number of hydrogen-bond acceptors (Lipinski definition) is 3. The lowest BCUT2D eigenvalue weighted by atomic mass is 9.98. The number of amidine groups is 1. The third-order valence-electron chi connectivity index (χ3n) is 3.85. The van der Waals surface area contributed by atoms with Crippen molar-refractivity contribution in [2.45, 2.75) is 19.3 Å². The van der Waals surface area contributed by atoms with E-state index in [1.165, 1.54) is 0 Å². The predicted molar refractivity (Wildman–Crippen MR) is 91.0 cm³/mol. The van der Waals surface area contributed by atoms with Crippen molar-refractivity contribution in [3.05, 3.63) is 64.2 Å². The van der Waals surface area contributed by atoms with Crippen LogP contribution in [-0.4, -0.2) is 24.0 Å². The maximum atomic E-state index is 9.57. The molecule has 4 heteroatoms. The Morgan fingerprint density at radius 2 is 2.00 bits per heavy atom. The van der Waals surface area contributed by atoms with Crippen LogP contribution in [0.4, 0.5) is 0 Å². The van der Waals surface area contributed by atoms with E-state index in [4.69, 9.17) is 11.6 Å². The number of rotatable bonds is 4. The highest BCUT2D eigenvalue weighted by atomic mass is 35.5. The van der Waals surface area contributed by atoms with Gasteiger partial charge in [0.2, 0.25) is 0 Å². The third kappa shape index (κ3) is 3.42. The molecule has 1 aliphatic heterocycles. The molecule has 0 fully saturated rings. The first-order valence-corrected chi connectivity index (χ1v) is 7.96. The zero-order valence-corrected chi connectivity index (χ0v) is 13.1. The Labute approximate surface area is 135 Å². The number of phenolic OH excluding ortho intramolecular Hbond substituents is 1. The van der Waals surface area contributed by atoms with E-state index in [1.54, 1.807) is 12.1 Å². The summed E-state index contributed by atoms with van der Waals surface area (Å²) in [7, 11) is 0. The molecule has 22 heavy (non-hydrogen) atoms. The molecule has 114 valence electrons. The fourth-order valence-corrected chi connectivity index (χ4v) is 3.00. The average Bonchev–Trinajstić information content (AvgIpc) is 2.54. The second-order valence-corrected chi connectivity index (χ2v) is 5.85. The van der Waals surface area contributed by atoms with Gasteiger partial charge in [-0.05, 0) is 48.6 Å². The Morgan fingerprint density at radius 1 is 1.14 bits per heavy atom. The van der Waals surface area contributed by atoms with Gasteiger partial charge < -0.3 is 10.4 Å². The number of phenols is 1. The van der Waals surface area contributed by atoms with Gasteiger partial charge in [-0.2, -0.15) is 0 Å². The van der Waals surface area contributed by atoms with Gasteiger partial charge in [0.25, 0.3) is 0 Å². The molecule has 2 aromatic carbocycles. The Morgan fingerprint density at radius 3 is 2.77 bits per heavy atom. The lowest BCUT2D eigenvalue weighted by Crippen LogP contribution is -2.31. The number of halogens is 1. The fourth-order valence-electron chi connectivity index (χ4n) is 2.73. The summed E-state index contributed by atoms with van der Waals surface area (Å²) in [6.45, 7) is 1.82. The van der Waals surface area contributed by atoms with Gasteiger partial charge in [-0.15, -0.1) is 0 Å². The van der Waals surface area contributed by atoms with E-state index in [1.807, 2.05) is 24.3 Å². The van der Waals surface area contributed by atoms with Crippen LogP contribution < -0.4 is 5.32 Å². The molecule has 0 spiro atoms. The molecule has 0 atom stereocenters. The summed E-state index contributed by atoms with van der Waals surface area (Å²) in [5.74, 6) is 1.25. The number of hydrogen-bond donors (Lipinski definition) is 2. The molecule has 2 N–H and O–H groups in total. The molecule has 1 heterocycles. The minimum Gasteiger partial charge on any atom is -0.508 e. The summed E-state index contributed by atoms with van der Waals surface area (Å²) >= 11 is 6.41. The zero-order chi connectivity index (χ0) is 15.4. The molecule has 1 aliphatic rings. The first-order chi connectivity index (χ1) is 10.7. The SMILES string of the molecule is Oc1cccc(CCc2c(Cl)cccc2C2=NCCCN2)c1. The van der Waals surface area contributed by atoms with Crippen molar-refractivity contribution in [3.63, 3.8) is 0 Å². The summed E-state index contributed by atoms with van der Waals surface area (Å²) in [6.07, 6.45) is 2.72. The molecule has 2 aromatic rings. The van der Waals surface area contributed by atoms with E-state index < -0.39 is 0 Å². The normalized spacial score (nSPS) is 14.3. The van der Waals surface area contributed by atoms with Gasteiger partial charge >= 0.3 is 0 Å². The van der Waals surface area contributed by atoms with Crippen LogP contribution in [0.15, 0.2) is 47.5 Å². The minimum atomic E-state index is 0.301. The highest BCUT2D eigenvalue weighted by Crippen LogP contribution is 2.23. The van der Waals surface area contributed by atoms with Crippen molar-refractivity contribution in [2.24, 2.45) is 4.99 Å². The molecule has 0 bridgehead atoms. The molecule has 0 amide bonds. The largest absolute Gasteiger partial charge is 0.508 e. The van der Waals surface area contributed by atoms with Crippen molar-refractivity contribution >= 4 is 17.4 Å². The number of nitrogens with one attached hydrogen (secondary N) is 1. The lowest BCUT2D eigenvalue weighted by molar-refractivity contribution is 0.474. The first-order valence-electron chi connectivity index (χ1n) is 7.58. The monoisotopic (exact) mass is 314 g/mol. The lowest BCUT2D eigenvalue weighted by Gasteiger charge is -2.18. The standard InChI is InChI=1S/C18H19ClN2O/c19-17-7-2-6-16(18-20-10-3-11-21-18)15(17)9-8-13-4-1-5-14(22)12-13/h1-2,4-7,12,22H,3,8-11H2,(H,20,21). The average molecular weight is 315 g/mol. The molecular formula is C18H19ClN2O. The summed E-state index contributed by atoms with van der Waals surface area (Å²) in [5.41, 5.74) is 3.30. The Balaban J connectivity index is 1.85. The van der Waals surface area contributed by atoms with E-state index in [9.17, 15) is 5.11 Å². The number of aliphatic imine (C=N–C) groups is 1. The van der Waals surface area contributed by atoms with E-state index in [2.05, 4.69) is 16.4 Å². The van der Waals surface area contributed by atoms with Crippen LogP contribution in [0.1, 0.15) is 23.1 Å². The molecule has 0 aliphatic carbocycles. The van der Waals surface area contributed by atoms with Gasteiger partial charge in [-0.3, -0.25) is 4.99 Å². The van der Waals surface area contributed by atoms with Crippen LogP contribution in [0.5, 0.6) is 5.75 Å². The molecule has 0 radical (unpaired) electrons.